The van der Waals surface area contributed by atoms with E-state index in [-0.39, 0.29) is 18.3 Å². The van der Waals surface area contributed by atoms with E-state index < -0.39 is 23.4 Å². The van der Waals surface area contributed by atoms with E-state index in [9.17, 15) is 18.4 Å². The standard InChI is InChI=1S/C27H31F2N7O2/c1-33(2)13-8-14-35(5)26-31-22(17-9-6-10-18(15-17)25(37)34(3)4)19-16-30-27(38)36(24(19)32-26)23-20(28)11-7-12-21(23)29/h6-7,9-12,15H,8,13-14,16H2,1-5H3,(H,30,38). The number of rotatable bonds is 8. The molecule has 0 saturated carbocycles. The lowest BCUT2D eigenvalue weighted by atomic mass is 10.0. The van der Waals surface area contributed by atoms with Gasteiger partial charge in [-0.3, -0.25) is 4.79 Å². The van der Waals surface area contributed by atoms with Crippen LogP contribution in [0.4, 0.5) is 31.0 Å². The van der Waals surface area contributed by atoms with Crippen molar-refractivity contribution >= 4 is 29.4 Å². The number of hydrogen-bond acceptors (Lipinski definition) is 6. The third kappa shape index (κ3) is 5.42. The predicted molar refractivity (Wildman–Crippen MR) is 143 cm³/mol. The molecule has 38 heavy (non-hydrogen) atoms. The van der Waals surface area contributed by atoms with E-state index in [1.807, 2.05) is 26.0 Å². The van der Waals surface area contributed by atoms with Gasteiger partial charge in [-0.1, -0.05) is 18.2 Å². The quantitative estimate of drug-likeness (QED) is 0.483. The van der Waals surface area contributed by atoms with Crippen LogP contribution in [0.2, 0.25) is 0 Å². The molecule has 0 spiro atoms. The average Bonchev–Trinajstić information content (AvgIpc) is 2.88. The van der Waals surface area contributed by atoms with Gasteiger partial charge in [-0.2, -0.15) is 4.98 Å². The third-order valence-corrected chi connectivity index (χ3v) is 6.20. The lowest BCUT2D eigenvalue weighted by Crippen LogP contribution is -2.43. The fourth-order valence-corrected chi connectivity index (χ4v) is 4.25. The molecule has 0 radical (unpaired) electrons. The molecule has 0 bridgehead atoms. The maximum Gasteiger partial charge on any atom is 0.328 e. The summed E-state index contributed by atoms with van der Waals surface area (Å²) in [5.74, 6) is -1.60. The first-order valence-electron chi connectivity index (χ1n) is 12.2. The minimum atomic E-state index is -0.896. The molecule has 0 saturated heterocycles. The summed E-state index contributed by atoms with van der Waals surface area (Å²) in [5.41, 5.74) is 1.49. The highest BCUT2D eigenvalue weighted by Gasteiger charge is 2.34. The third-order valence-electron chi connectivity index (χ3n) is 6.20. The van der Waals surface area contributed by atoms with Crippen LogP contribution < -0.4 is 15.1 Å². The lowest BCUT2D eigenvalue weighted by molar-refractivity contribution is 0.0827. The van der Waals surface area contributed by atoms with Crippen LogP contribution in [0, 0.1) is 11.6 Å². The summed E-state index contributed by atoms with van der Waals surface area (Å²) < 4.78 is 29.8. The largest absolute Gasteiger partial charge is 0.345 e. The number of carbonyl (C=O) groups excluding carboxylic acids is 2. The van der Waals surface area contributed by atoms with Gasteiger partial charge < -0.3 is 20.0 Å². The number of aromatic nitrogens is 2. The highest BCUT2D eigenvalue weighted by Crippen LogP contribution is 2.38. The van der Waals surface area contributed by atoms with Crippen molar-refractivity contribution in [2.24, 2.45) is 0 Å². The molecular formula is C27H31F2N7O2. The van der Waals surface area contributed by atoms with Gasteiger partial charge in [0.25, 0.3) is 5.91 Å². The van der Waals surface area contributed by atoms with Crippen molar-refractivity contribution in [1.29, 1.82) is 0 Å². The van der Waals surface area contributed by atoms with Crippen molar-refractivity contribution in [3.8, 4) is 11.3 Å². The molecule has 0 aliphatic carbocycles. The minimum absolute atomic E-state index is 0.0482. The molecular weight excluding hydrogens is 492 g/mol. The lowest BCUT2D eigenvalue weighted by Gasteiger charge is -2.31. The normalized spacial score (nSPS) is 12.8. The number of nitrogens with zero attached hydrogens (tertiary/aromatic N) is 6. The number of hydrogen-bond donors (Lipinski definition) is 1. The van der Waals surface area contributed by atoms with E-state index in [0.29, 0.717) is 34.9 Å². The first kappa shape index (κ1) is 26.9. The van der Waals surface area contributed by atoms with Crippen molar-refractivity contribution in [2.45, 2.75) is 13.0 Å². The molecule has 1 aliphatic rings. The van der Waals surface area contributed by atoms with Crippen LogP contribution in [0.15, 0.2) is 42.5 Å². The van der Waals surface area contributed by atoms with Crippen LogP contribution in [0.3, 0.4) is 0 Å². The van der Waals surface area contributed by atoms with Crippen molar-refractivity contribution in [2.75, 3.05) is 58.1 Å². The van der Waals surface area contributed by atoms with Crippen molar-refractivity contribution in [1.82, 2.24) is 25.1 Å². The Kier molecular flexibility index (Phi) is 7.86. The first-order valence-corrected chi connectivity index (χ1v) is 12.2. The van der Waals surface area contributed by atoms with Gasteiger partial charge in [-0.15, -0.1) is 0 Å². The Labute approximate surface area is 220 Å². The first-order chi connectivity index (χ1) is 18.1. The number of benzene rings is 2. The van der Waals surface area contributed by atoms with E-state index in [4.69, 9.17) is 4.98 Å². The minimum Gasteiger partial charge on any atom is -0.345 e. The molecule has 1 aromatic heterocycles. The zero-order valence-corrected chi connectivity index (χ0v) is 22.1. The van der Waals surface area contributed by atoms with Gasteiger partial charge in [0.2, 0.25) is 5.95 Å². The average molecular weight is 524 g/mol. The molecule has 1 N–H and O–H groups in total. The molecule has 4 rings (SSSR count). The number of amides is 3. The summed E-state index contributed by atoms with van der Waals surface area (Å²) in [6.45, 7) is 1.49. The second-order valence-corrected chi connectivity index (χ2v) is 9.60. The predicted octanol–water partition coefficient (Wildman–Crippen LogP) is 3.87. The number of carbonyl (C=O) groups is 2. The zero-order valence-electron chi connectivity index (χ0n) is 22.1. The molecule has 200 valence electrons. The van der Waals surface area contributed by atoms with Crippen LogP contribution >= 0.6 is 0 Å². The number of nitrogens with one attached hydrogen (secondary N) is 1. The van der Waals surface area contributed by atoms with Crippen molar-refractivity contribution in [3.05, 3.63) is 65.2 Å². The van der Waals surface area contributed by atoms with Gasteiger partial charge in [0.1, 0.15) is 17.3 Å². The Morgan fingerprint density at radius 3 is 2.34 bits per heavy atom. The Bertz CT molecular complexity index is 1340. The smallest absolute Gasteiger partial charge is 0.328 e. The van der Waals surface area contributed by atoms with E-state index in [0.717, 1.165) is 30.0 Å². The maximum absolute atomic E-state index is 14.9. The van der Waals surface area contributed by atoms with Crippen LogP contribution in [-0.2, 0) is 6.54 Å². The van der Waals surface area contributed by atoms with Gasteiger partial charge in [0.15, 0.2) is 5.82 Å². The van der Waals surface area contributed by atoms with Gasteiger partial charge in [-0.25, -0.2) is 23.5 Å². The van der Waals surface area contributed by atoms with E-state index in [2.05, 4.69) is 15.2 Å². The van der Waals surface area contributed by atoms with E-state index >= 15 is 0 Å². The fourth-order valence-electron chi connectivity index (χ4n) is 4.25. The SMILES string of the molecule is CN(C)CCCN(C)c1nc(-c2cccc(C(=O)N(C)C)c2)c2c(n1)N(c1c(F)cccc1F)C(=O)NC2. The van der Waals surface area contributed by atoms with Gasteiger partial charge in [0, 0.05) is 44.4 Å². The molecule has 3 aromatic rings. The summed E-state index contributed by atoms with van der Waals surface area (Å²) in [5, 5.41) is 2.68. The molecule has 0 fully saturated rings. The van der Waals surface area contributed by atoms with Crippen LogP contribution in [0.25, 0.3) is 11.3 Å². The molecule has 0 unspecified atom stereocenters. The topological polar surface area (TPSA) is 84.9 Å². The second kappa shape index (κ2) is 11.1. The van der Waals surface area contributed by atoms with Gasteiger partial charge in [0.05, 0.1) is 12.2 Å². The number of para-hydroxylation sites is 1. The number of halogens is 2. The van der Waals surface area contributed by atoms with Crippen molar-refractivity contribution < 1.29 is 18.4 Å². The van der Waals surface area contributed by atoms with E-state index in [1.54, 1.807) is 38.4 Å². The molecule has 2 aromatic carbocycles. The fraction of sp³-hybridized carbons (Fsp3) is 0.333. The number of urea groups is 1. The highest BCUT2D eigenvalue weighted by molar-refractivity contribution is 6.02. The van der Waals surface area contributed by atoms with Gasteiger partial charge in [-0.05, 0) is 51.3 Å². The Balaban J connectivity index is 1.91. The Morgan fingerprint density at radius 2 is 1.68 bits per heavy atom. The number of anilines is 3. The Morgan fingerprint density at radius 1 is 1.00 bits per heavy atom. The maximum atomic E-state index is 14.9. The Hall–Kier alpha value is -4.12. The van der Waals surface area contributed by atoms with Gasteiger partial charge >= 0.3 is 6.03 Å². The van der Waals surface area contributed by atoms with E-state index in [1.165, 1.54) is 11.0 Å². The summed E-state index contributed by atoms with van der Waals surface area (Å²) in [7, 11) is 9.12. The summed E-state index contributed by atoms with van der Waals surface area (Å²) in [4.78, 5) is 41.4. The zero-order chi connectivity index (χ0) is 27.6. The molecule has 0 atom stereocenters. The summed E-state index contributed by atoms with van der Waals surface area (Å²) >= 11 is 0. The van der Waals surface area contributed by atoms with Crippen molar-refractivity contribution in [3.63, 3.8) is 0 Å². The molecule has 1 aliphatic heterocycles. The summed E-state index contributed by atoms with van der Waals surface area (Å²) in [6.07, 6.45) is 0.818. The number of fused-ring (bicyclic) bond motifs is 1. The van der Waals surface area contributed by atoms with Crippen LogP contribution in [0.5, 0.6) is 0 Å². The molecule has 11 heteroatoms. The molecule has 3 amide bonds. The second-order valence-electron chi connectivity index (χ2n) is 9.60. The molecule has 9 nitrogen and oxygen atoms in total. The summed E-state index contributed by atoms with van der Waals surface area (Å²) in [6, 6.07) is 9.68. The van der Waals surface area contributed by atoms with Crippen LogP contribution in [-0.4, -0.2) is 80.0 Å². The molecule has 2 heterocycles. The monoisotopic (exact) mass is 523 g/mol. The highest BCUT2D eigenvalue weighted by atomic mass is 19.1. The van der Waals surface area contributed by atoms with Crippen LogP contribution in [0.1, 0.15) is 22.3 Å².